The van der Waals surface area contributed by atoms with Gasteiger partial charge in [0.25, 0.3) is 0 Å². The second kappa shape index (κ2) is 9.04. The van der Waals surface area contributed by atoms with E-state index in [-0.39, 0.29) is 23.6 Å². The van der Waals surface area contributed by atoms with Gasteiger partial charge in [-0.3, -0.25) is 4.79 Å². The van der Waals surface area contributed by atoms with E-state index >= 15 is 0 Å². The van der Waals surface area contributed by atoms with Crippen LogP contribution < -0.4 is 5.32 Å². The molecule has 4 heteroatoms. The molecule has 2 aliphatic carbocycles. The first-order chi connectivity index (χ1) is 13.5. The lowest BCUT2D eigenvalue weighted by Crippen LogP contribution is -2.38. The zero-order valence-electron chi connectivity index (χ0n) is 17.0. The molecule has 0 atom stereocenters. The summed E-state index contributed by atoms with van der Waals surface area (Å²) in [6, 6.07) is 14.5. The van der Waals surface area contributed by atoms with Gasteiger partial charge in [-0.05, 0) is 67.2 Å². The maximum atomic E-state index is 12.3. The van der Waals surface area contributed by atoms with Gasteiger partial charge in [0.1, 0.15) is 0 Å². The summed E-state index contributed by atoms with van der Waals surface area (Å²) in [7, 11) is 0. The Labute approximate surface area is 185 Å². The van der Waals surface area contributed by atoms with Gasteiger partial charge in [0.05, 0.1) is 0 Å². The van der Waals surface area contributed by atoms with E-state index in [1.807, 2.05) is 43.3 Å². The number of fused-ring (bicyclic) bond motifs is 1. The van der Waals surface area contributed by atoms with E-state index in [4.69, 9.17) is 11.6 Å². The van der Waals surface area contributed by atoms with E-state index in [0.29, 0.717) is 12.5 Å². The van der Waals surface area contributed by atoms with Crippen LogP contribution in [0.4, 0.5) is 0 Å². The van der Waals surface area contributed by atoms with Crippen molar-refractivity contribution in [3.8, 4) is 0 Å². The Morgan fingerprint density at radius 2 is 1.86 bits per heavy atom. The number of allylic oxidation sites excluding steroid dienone is 1. The first-order valence-corrected chi connectivity index (χ1v) is 10.7. The third-order valence-electron chi connectivity index (χ3n) is 6.70. The molecule has 0 unspecified atom stereocenters. The van der Waals surface area contributed by atoms with E-state index in [1.54, 1.807) is 0 Å². The van der Waals surface area contributed by atoms with Crippen LogP contribution in [0.3, 0.4) is 0 Å². The Hall–Kier alpha value is -1.61. The smallest absolute Gasteiger partial charge is 0.164 e. The number of nitrogens with one attached hydrogen (secondary N) is 1. The molecular formula is C25H29Cl2NO. The SMILES string of the molecule is C=C1c2cccc(Cl)c2CC12CCC(NCCC(=O)c1ccc(C)cc1)CC2.Cl. The fourth-order valence-electron chi connectivity index (χ4n) is 4.88. The van der Waals surface area contributed by atoms with Crippen LogP contribution in [0, 0.1) is 12.3 Å². The number of rotatable bonds is 5. The molecule has 0 amide bonds. The van der Waals surface area contributed by atoms with Crippen LogP contribution >= 0.6 is 24.0 Å². The molecule has 1 spiro atoms. The number of carbonyl (C=O) groups is 1. The molecule has 2 aromatic carbocycles. The minimum absolute atomic E-state index is 0. The van der Waals surface area contributed by atoms with E-state index in [9.17, 15) is 4.79 Å². The molecule has 0 saturated heterocycles. The summed E-state index contributed by atoms with van der Waals surface area (Å²) in [5.74, 6) is 0.217. The lowest BCUT2D eigenvalue weighted by molar-refractivity contribution is 0.0980. The zero-order chi connectivity index (χ0) is 19.7. The van der Waals surface area contributed by atoms with Crippen molar-refractivity contribution < 1.29 is 4.79 Å². The summed E-state index contributed by atoms with van der Waals surface area (Å²) in [6.45, 7) is 7.23. The van der Waals surface area contributed by atoms with Crippen LogP contribution in [-0.2, 0) is 6.42 Å². The molecule has 154 valence electrons. The van der Waals surface area contributed by atoms with Gasteiger partial charge in [0.2, 0.25) is 0 Å². The molecular weight excluding hydrogens is 401 g/mol. The van der Waals surface area contributed by atoms with Crippen molar-refractivity contribution in [3.63, 3.8) is 0 Å². The summed E-state index contributed by atoms with van der Waals surface area (Å²) in [4.78, 5) is 12.3. The minimum atomic E-state index is 0. The average molecular weight is 430 g/mol. The van der Waals surface area contributed by atoms with Crippen LogP contribution in [0.2, 0.25) is 5.02 Å². The Balaban J connectivity index is 0.00000240. The number of Topliss-reactive ketones (excluding diaryl/α,β-unsaturated/α-hetero) is 1. The quantitative estimate of drug-likeness (QED) is 0.554. The van der Waals surface area contributed by atoms with Gasteiger partial charge in [-0.15, -0.1) is 12.4 Å². The van der Waals surface area contributed by atoms with Gasteiger partial charge in [-0.25, -0.2) is 0 Å². The number of aryl methyl sites for hydroxylation is 1. The number of halogens is 2. The lowest BCUT2D eigenvalue weighted by Gasteiger charge is -2.38. The monoisotopic (exact) mass is 429 g/mol. The standard InChI is InChI=1S/C25H28ClNO.ClH/c1-17-6-8-19(9-7-17)24(28)12-15-27-20-10-13-25(14-11-20)16-22-21(18(25)2)4-3-5-23(22)26;/h3-9,20,27H,2,10-16H2,1H3;1H. The third-order valence-corrected chi connectivity index (χ3v) is 7.05. The Morgan fingerprint density at radius 1 is 1.17 bits per heavy atom. The van der Waals surface area contributed by atoms with Gasteiger partial charge < -0.3 is 5.32 Å². The summed E-state index contributed by atoms with van der Waals surface area (Å²) < 4.78 is 0. The van der Waals surface area contributed by atoms with E-state index < -0.39 is 0 Å². The van der Waals surface area contributed by atoms with Crippen molar-refractivity contribution in [1.29, 1.82) is 0 Å². The van der Waals surface area contributed by atoms with E-state index in [1.165, 1.54) is 22.3 Å². The van der Waals surface area contributed by atoms with E-state index in [2.05, 4.69) is 18.0 Å². The summed E-state index contributed by atoms with van der Waals surface area (Å²) >= 11 is 6.44. The van der Waals surface area contributed by atoms with Gasteiger partial charge in [-0.2, -0.15) is 0 Å². The molecule has 29 heavy (non-hydrogen) atoms. The van der Waals surface area contributed by atoms with Gasteiger partial charge in [0, 0.05) is 29.6 Å². The second-order valence-corrected chi connectivity index (χ2v) is 8.88. The fraction of sp³-hybridized carbons (Fsp3) is 0.400. The molecule has 0 bridgehead atoms. The van der Waals surface area contributed by atoms with Crippen molar-refractivity contribution in [2.24, 2.45) is 5.41 Å². The van der Waals surface area contributed by atoms with Crippen molar-refractivity contribution in [2.45, 2.75) is 51.5 Å². The molecule has 2 nitrogen and oxygen atoms in total. The maximum absolute atomic E-state index is 12.3. The normalized spacial score (nSPS) is 23.0. The molecule has 2 aromatic rings. The minimum Gasteiger partial charge on any atom is -0.314 e. The van der Waals surface area contributed by atoms with Crippen molar-refractivity contribution in [2.75, 3.05) is 6.54 Å². The van der Waals surface area contributed by atoms with Crippen LogP contribution in [0.5, 0.6) is 0 Å². The Bertz CT molecular complexity index is 896. The van der Waals surface area contributed by atoms with Crippen LogP contribution in [0.15, 0.2) is 49.0 Å². The zero-order valence-corrected chi connectivity index (χ0v) is 18.5. The molecule has 0 heterocycles. The fourth-order valence-corrected chi connectivity index (χ4v) is 5.12. The first-order valence-electron chi connectivity index (χ1n) is 10.3. The van der Waals surface area contributed by atoms with Gasteiger partial charge in [0.15, 0.2) is 5.78 Å². The highest BCUT2D eigenvalue weighted by molar-refractivity contribution is 6.31. The highest BCUT2D eigenvalue weighted by atomic mass is 35.5. The molecule has 1 fully saturated rings. The van der Waals surface area contributed by atoms with Crippen LogP contribution in [0.1, 0.15) is 59.2 Å². The molecule has 0 aromatic heterocycles. The lowest BCUT2D eigenvalue weighted by atomic mass is 9.68. The Morgan fingerprint density at radius 3 is 2.52 bits per heavy atom. The predicted octanol–water partition coefficient (Wildman–Crippen LogP) is 6.43. The number of benzene rings is 2. The van der Waals surface area contributed by atoms with Gasteiger partial charge in [-0.1, -0.05) is 60.1 Å². The summed E-state index contributed by atoms with van der Waals surface area (Å²) in [5, 5.41) is 4.49. The molecule has 1 N–H and O–H groups in total. The number of carbonyl (C=O) groups excluding carboxylic acids is 1. The van der Waals surface area contributed by atoms with Crippen molar-refractivity contribution in [3.05, 3.63) is 76.3 Å². The Kier molecular flexibility index (Phi) is 6.88. The topological polar surface area (TPSA) is 29.1 Å². The molecule has 4 rings (SSSR count). The molecule has 0 aliphatic heterocycles. The highest BCUT2D eigenvalue weighted by Gasteiger charge is 2.43. The largest absolute Gasteiger partial charge is 0.314 e. The van der Waals surface area contributed by atoms with Crippen molar-refractivity contribution >= 4 is 35.4 Å². The van der Waals surface area contributed by atoms with Crippen LogP contribution in [-0.4, -0.2) is 18.4 Å². The van der Waals surface area contributed by atoms with Gasteiger partial charge >= 0.3 is 0 Å². The summed E-state index contributed by atoms with van der Waals surface area (Å²) in [6.07, 6.45) is 6.12. The van der Waals surface area contributed by atoms with Crippen LogP contribution in [0.25, 0.3) is 5.57 Å². The second-order valence-electron chi connectivity index (χ2n) is 8.47. The molecule has 0 radical (unpaired) electrons. The number of ketones is 1. The molecule has 1 saturated carbocycles. The summed E-state index contributed by atoms with van der Waals surface area (Å²) in [5.41, 5.74) is 6.00. The number of hydrogen-bond acceptors (Lipinski definition) is 2. The predicted molar refractivity (Wildman–Crippen MR) is 124 cm³/mol. The highest BCUT2D eigenvalue weighted by Crippen LogP contribution is 2.55. The maximum Gasteiger partial charge on any atom is 0.164 e. The molecule has 2 aliphatic rings. The van der Waals surface area contributed by atoms with Crippen molar-refractivity contribution in [1.82, 2.24) is 5.32 Å². The first kappa shape index (κ1) is 22.1. The average Bonchev–Trinajstić information content (AvgIpc) is 2.97. The third kappa shape index (κ3) is 4.45. The van der Waals surface area contributed by atoms with E-state index in [0.717, 1.165) is 49.2 Å². The number of hydrogen-bond donors (Lipinski definition) is 1.